The smallest absolute Gasteiger partial charge is 0.165 e. The van der Waals surface area contributed by atoms with Crippen molar-refractivity contribution in [2.45, 2.75) is 24.3 Å². The summed E-state index contributed by atoms with van der Waals surface area (Å²) in [7, 11) is 1.44. The fraction of sp³-hybridized carbons (Fsp3) is 0.294. The Bertz CT molecular complexity index is 584. The summed E-state index contributed by atoms with van der Waals surface area (Å²) in [6.45, 7) is 2.04. The Kier molecular flexibility index (Phi) is 5.65. The van der Waals surface area contributed by atoms with E-state index in [9.17, 15) is 9.50 Å². The first-order valence-electron chi connectivity index (χ1n) is 6.78. The lowest BCUT2D eigenvalue weighted by atomic mass is 10.1. The molecular weight excluding hydrogens is 287 g/mol. The molecular formula is C17H19FO2S. The third-order valence-corrected chi connectivity index (χ3v) is 4.31. The van der Waals surface area contributed by atoms with Crippen LogP contribution in [0.5, 0.6) is 5.75 Å². The second kappa shape index (κ2) is 7.48. The molecule has 1 atom stereocenters. The van der Waals surface area contributed by atoms with Crippen molar-refractivity contribution in [1.29, 1.82) is 0 Å². The number of aliphatic hydroxyl groups excluding tert-OH is 1. The molecule has 0 aliphatic heterocycles. The number of hydrogen-bond donors (Lipinski definition) is 1. The molecule has 0 saturated carbocycles. The number of halogens is 1. The monoisotopic (exact) mass is 306 g/mol. The summed E-state index contributed by atoms with van der Waals surface area (Å²) in [5.74, 6) is 0.409. The molecule has 1 unspecified atom stereocenters. The largest absolute Gasteiger partial charge is 0.494 e. The van der Waals surface area contributed by atoms with Gasteiger partial charge in [0.05, 0.1) is 13.2 Å². The number of benzene rings is 2. The van der Waals surface area contributed by atoms with Crippen molar-refractivity contribution < 1.29 is 14.2 Å². The molecule has 2 aromatic carbocycles. The van der Waals surface area contributed by atoms with Gasteiger partial charge in [0.2, 0.25) is 0 Å². The van der Waals surface area contributed by atoms with Gasteiger partial charge in [-0.25, -0.2) is 4.39 Å². The summed E-state index contributed by atoms with van der Waals surface area (Å²) in [6, 6.07) is 13.0. The average molecular weight is 306 g/mol. The quantitative estimate of drug-likeness (QED) is 0.822. The number of aliphatic hydroxyl groups is 1. The van der Waals surface area contributed by atoms with Crippen LogP contribution in [0.4, 0.5) is 4.39 Å². The lowest BCUT2D eigenvalue weighted by molar-refractivity contribution is 0.200. The number of hydrogen-bond acceptors (Lipinski definition) is 3. The van der Waals surface area contributed by atoms with Crippen LogP contribution in [0, 0.1) is 12.7 Å². The summed E-state index contributed by atoms with van der Waals surface area (Å²) in [6.07, 6.45) is -0.0798. The third kappa shape index (κ3) is 4.76. The van der Waals surface area contributed by atoms with Crippen LogP contribution in [0.15, 0.2) is 47.4 Å². The van der Waals surface area contributed by atoms with Crippen LogP contribution in [0.25, 0.3) is 0 Å². The minimum absolute atomic E-state index is 0.224. The third-order valence-electron chi connectivity index (χ3n) is 3.15. The van der Waals surface area contributed by atoms with Crippen LogP contribution in [0.3, 0.4) is 0 Å². The minimum Gasteiger partial charge on any atom is -0.494 e. The molecule has 112 valence electrons. The van der Waals surface area contributed by atoms with Gasteiger partial charge in [-0.2, -0.15) is 0 Å². The molecule has 0 heterocycles. The maximum absolute atomic E-state index is 13.6. The van der Waals surface area contributed by atoms with Gasteiger partial charge in [-0.1, -0.05) is 23.8 Å². The lowest BCUT2D eigenvalue weighted by Gasteiger charge is -2.11. The van der Waals surface area contributed by atoms with Crippen molar-refractivity contribution in [2.24, 2.45) is 0 Å². The van der Waals surface area contributed by atoms with Gasteiger partial charge in [-0.15, -0.1) is 11.8 Å². The maximum Gasteiger partial charge on any atom is 0.165 e. The van der Waals surface area contributed by atoms with Gasteiger partial charge in [0, 0.05) is 10.6 Å². The van der Waals surface area contributed by atoms with Crippen molar-refractivity contribution in [2.75, 3.05) is 12.9 Å². The van der Waals surface area contributed by atoms with E-state index < -0.39 is 11.9 Å². The van der Waals surface area contributed by atoms with E-state index in [1.807, 2.05) is 31.2 Å². The molecule has 0 fully saturated rings. The molecule has 0 spiro atoms. The Morgan fingerprint density at radius 2 is 1.90 bits per heavy atom. The predicted molar refractivity (Wildman–Crippen MR) is 84.6 cm³/mol. The summed E-state index contributed by atoms with van der Waals surface area (Å²) in [5.41, 5.74) is 1.99. The standard InChI is InChI=1S/C17H19FO2S/c1-12-3-6-15(7-4-12)21-11-14(19)9-13-5-8-17(20-2)16(18)10-13/h3-8,10,14,19H,9,11H2,1-2H3. The van der Waals surface area contributed by atoms with Crippen LogP contribution in [0.1, 0.15) is 11.1 Å². The molecule has 4 heteroatoms. The van der Waals surface area contributed by atoms with Gasteiger partial charge in [0.1, 0.15) is 0 Å². The minimum atomic E-state index is -0.510. The summed E-state index contributed by atoms with van der Waals surface area (Å²) in [5, 5.41) is 10.1. The molecule has 0 saturated heterocycles. The SMILES string of the molecule is COc1ccc(CC(O)CSc2ccc(C)cc2)cc1F. The molecule has 2 aromatic rings. The predicted octanol–water partition coefficient (Wildman–Crippen LogP) is 3.84. The van der Waals surface area contributed by atoms with Crippen molar-refractivity contribution >= 4 is 11.8 Å². The van der Waals surface area contributed by atoms with Crippen molar-refractivity contribution in [3.05, 3.63) is 59.4 Å². The first kappa shape index (κ1) is 15.9. The summed E-state index contributed by atoms with van der Waals surface area (Å²) in [4.78, 5) is 1.13. The molecule has 2 rings (SSSR count). The highest BCUT2D eigenvalue weighted by Gasteiger charge is 2.09. The Balaban J connectivity index is 1.88. The fourth-order valence-corrected chi connectivity index (χ4v) is 2.83. The second-order valence-corrected chi connectivity index (χ2v) is 6.04. The van der Waals surface area contributed by atoms with E-state index in [-0.39, 0.29) is 5.75 Å². The van der Waals surface area contributed by atoms with Crippen LogP contribution in [-0.4, -0.2) is 24.1 Å². The van der Waals surface area contributed by atoms with Gasteiger partial charge in [-0.3, -0.25) is 0 Å². The molecule has 0 aromatic heterocycles. The highest BCUT2D eigenvalue weighted by molar-refractivity contribution is 7.99. The van der Waals surface area contributed by atoms with E-state index in [1.165, 1.54) is 18.7 Å². The Hall–Kier alpha value is -1.52. The van der Waals surface area contributed by atoms with Gasteiger partial charge in [-0.05, 0) is 43.2 Å². The van der Waals surface area contributed by atoms with E-state index in [2.05, 4.69) is 0 Å². The maximum atomic E-state index is 13.6. The van der Waals surface area contributed by atoms with Crippen LogP contribution in [-0.2, 0) is 6.42 Å². The lowest BCUT2D eigenvalue weighted by Crippen LogP contribution is -2.13. The fourth-order valence-electron chi connectivity index (χ4n) is 1.99. The van der Waals surface area contributed by atoms with Crippen LogP contribution in [0.2, 0.25) is 0 Å². The van der Waals surface area contributed by atoms with E-state index >= 15 is 0 Å². The zero-order valence-electron chi connectivity index (χ0n) is 12.2. The number of ether oxygens (including phenoxy) is 1. The number of aryl methyl sites for hydroxylation is 1. The van der Waals surface area contributed by atoms with E-state index in [1.54, 1.807) is 23.9 Å². The summed E-state index contributed by atoms with van der Waals surface area (Å²) < 4.78 is 18.5. The molecule has 0 radical (unpaired) electrons. The molecule has 0 bridgehead atoms. The molecule has 0 amide bonds. The number of thioether (sulfide) groups is 1. The van der Waals surface area contributed by atoms with E-state index in [0.29, 0.717) is 12.2 Å². The zero-order chi connectivity index (χ0) is 15.2. The topological polar surface area (TPSA) is 29.5 Å². The number of methoxy groups -OCH3 is 1. The van der Waals surface area contributed by atoms with E-state index in [0.717, 1.165) is 10.5 Å². The Morgan fingerprint density at radius 3 is 2.52 bits per heavy atom. The number of rotatable bonds is 6. The summed E-state index contributed by atoms with van der Waals surface area (Å²) >= 11 is 1.60. The van der Waals surface area contributed by atoms with Gasteiger partial charge < -0.3 is 9.84 Å². The average Bonchev–Trinajstić information content (AvgIpc) is 2.47. The second-order valence-electron chi connectivity index (χ2n) is 4.95. The zero-order valence-corrected chi connectivity index (χ0v) is 13.0. The van der Waals surface area contributed by atoms with E-state index in [4.69, 9.17) is 4.74 Å². The first-order chi connectivity index (χ1) is 10.1. The first-order valence-corrected chi connectivity index (χ1v) is 7.77. The Labute approximate surface area is 129 Å². The van der Waals surface area contributed by atoms with Crippen LogP contribution >= 0.6 is 11.8 Å². The highest BCUT2D eigenvalue weighted by atomic mass is 32.2. The van der Waals surface area contributed by atoms with Gasteiger partial charge >= 0.3 is 0 Å². The van der Waals surface area contributed by atoms with Gasteiger partial charge in [0.25, 0.3) is 0 Å². The highest BCUT2D eigenvalue weighted by Crippen LogP contribution is 2.22. The molecule has 0 aliphatic carbocycles. The van der Waals surface area contributed by atoms with Crippen molar-refractivity contribution in [1.82, 2.24) is 0 Å². The van der Waals surface area contributed by atoms with Gasteiger partial charge in [0.15, 0.2) is 11.6 Å². The van der Waals surface area contributed by atoms with Crippen molar-refractivity contribution in [3.63, 3.8) is 0 Å². The van der Waals surface area contributed by atoms with Crippen LogP contribution < -0.4 is 4.74 Å². The molecule has 1 N–H and O–H groups in total. The Morgan fingerprint density at radius 1 is 1.19 bits per heavy atom. The molecule has 2 nitrogen and oxygen atoms in total. The van der Waals surface area contributed by atoms with Crippen molar-refractivity contribution in [3.8, 4) is 5.75 Å². The molecule has 0 aliphatic rings. The normalized spacial score (nSPS) is 12.2. The molecule has 21 heavy (non-hydrogen) atoms.